The second kappa shape index (κ2) is 9.22. The summed E-state index contributed by atoms with van der Waals surface area (Å²) in [6, 6.07) is 4.29. The molecule has 0 saturated heterocycles. The van der Waals surface area contributed by atoms with Crippen molar-refractivity contribution in [2.75, 3.05) is 12.3 Å². The Morgan fingerprint density at radius 3 is 2.36 bits per heavy atom. The van der Waals surface area contributed by atoms with Gasteiger partial charge in [0.15, 0.2) is 0 Å². The third-order valence-electron chi connectivity index (χ3n) is 8.85. The minimum Gasteiger partial charge on any atom is -0.360 e. The highest BCUT2D eigenvalue weighted by atomic mass is 35.5. The number of sulfonamides is 1. The summed E-state index contributed by atoms with van der Waals surface area (Å²) < 4.78 is 68.2. The monoisotopic (exact) mass is 608 g/mol. The zero-order valence-corrected chi connectivity index (χ0v) is 24.4. The number of nitrogens with one attached hydrogen (secondary N) is 2. The number of nitrogens with zero attached hydrogens (tertiary/aromatic N) is 2. The lowest BCUT2D eigenvalue weighted by Gasteiger charge is -2.73. The summed E-state index contributed by atoms with van der Waals surface area (Å²) in [6.45, 7) is 5.11. The van der Waals surface area contributed by atoms with E-state index in [1.165, 1.54) is 0 Å². The molecule has 1 heterocycles. The van der Waals surface area contributed by atoms with E-state index < -0.39 is 51.2 Å². The standard InChI is InChI=1S/C26H33Cl2F3N4O3S/c1-4-9-39(37,38)35(11-16-5-6-17(27)18(28)10-16)25-12-23(13-25,14-25)21-33-19(22(2,3)34-21)20(36)32-15-24(7-8-24)26(29,30)31/h5-6,10,19H,4,7-9,11-15H2,1-3H3,(H,32,36)(H,33,34)/t19-,23?,25?/m0/s1. The molecule has 4 fully saturated rings. The van der Waals surface area contributed by atoms with E-state index in [4.69, 9.17) is 28.2 Å². The first kappa shape index (κ1) is 29.0. The van der Waals surface area contributed by atoms with Crippen LogP contribution < -0.4 is 10.6 Å². The first-order valence-electron chi connectivity index (χ1n) is 13.1. The van der Waals surface area contributed by atoms with E-state index in [2.05, 4.69) is 10.6 Å². The van der Waals surface area contributed by atoms with Crippen LogP contribution in [0.5, 0.6) is 0 Å². The highest BCUT2D eigenvalue weighted by molar-refractivity contribution is 7.89. The van der Waals surface area contributed by atoms with Crippen LogP contribution in [0.25, 0.3) is 0 Å². The number of benzene rings is 1. The molecule has 6 rings (SSSR count). The van der Waals surface area contributed by atoms with Gasteiger partial charge >= 0.3 is 6.18 Å². The highest BCUT2D eigenvalue weighted by Gasteiger charge is 2.75. The quantitative estimate of drug-likeness (QED) is 0.388. The summed E-state index contributed by atoms with van der Waals surface area (Å²) in [5.74, 6) is 0.146. The maximum absolute atomic E-state index is 13.3. The molecule has 4 aliphatic carbocycles. The lowest BCUT2D eigenvalue weighted by Crippen LogP contribution is -2.78. The number of rotatable bonds is 10. The molecule has 13 heteroatoms. The molecule has 39 heavy (non-hydrogen) atoms. The Labute approximate surface area is 236 Å². The Bertz CT molecular complexity index is 1310. The van der Waals surface area contributed by atoms with Gasteiger partial charge in [-0.3, -0.25) is 9.79 Å². The van der Waals surface area contributed by atoms with Crippen LogP contribution >= 0.6 is 23.2 Å². The maximum Gasteiger partial charge on any atom is 0.396 e. The zero-order chi connectivity index (χ0) is 28.6. The number of carbonyl (C=O) groups is 1. The van der Waals surface area contributed by atoms with Crippen LogP contribution in [0.1, 0.15) is 64.9 Å². The first-order valence-corrected chi connectivity index (χ1v) is 15.5. The van der Waals surface area contributed by atoms with E-state index in [-0.39, 0.29) is 30.6 Å². The van der Waals surface area contributed by atoms with Crippen molar-refractivity contribution in [2.45, 2.75) is 89.1 Å². The summed E-state index contributed by atoms with van der Waals surface area (Å²) in [6.07, 6.45) is -2.17. The van der Waals surface area contributed by atoms with Crippen LogP contribution in [0, 0.1) is 10.8 Å². The molecule has 5 aliphatic rings. The van der Waals surface area contributed by atoms with Crippen LogP contribution in [0.4, 0.5) is 13.2 Å². The molecular formula is C26H33Cl2F3N4O3S. The van der Waals surface area contributed by atoms with Crippen molar-refractivity contribution in [1.29, 1.82) is 0 Å². The topological polar surface area (TPSA) is 90.9 Å². The average Bonchev–Trinajstić information content (AvgIpc) is 3.50. The van der Waals surface area contributed by atoms with Crippen molar-refractivity contribution in [3.05, 3.63) is 33.8 Å². The van der Waals surface area contributed by atoms with Crippen molar-refractivity contribution in [3.63, 3.8) is 0 Å². The van der Waals surface area contributed by atoms with Gasteiger partial charge in [0, 0.05) is 24.0 Å². The molecule has 0 aromatic heterocycles. The fourth-order valence-electron chi connectivity index (χ4n) is 6.41. The van der Waals surface area contributed by atoms with Crippen molar-refractivity contribution < 1.29 is 26.4 Å². The predicted molar refractivity (Wildman–Crippen MR) is 144 cm³/mol. The number of alkyl halides is 3. The molecule has 1 atom stereocenters. The van der Waals surface area contributed by atoms with Gasteiger partial charge < -0.3 is 10.6 Å². The minimum atomic E-state index is -4.35. The molecule has 1 amide bonds. The van der Waals surface area contributed by atoms with E-state index in [0.717, 1.165) is 5.56 Å². The Morgan fingerprint density at radius 2 is 1.82 bits per heavy atom. The van der Waals surface area contributed by atoms with Crippen molar-refractivity contribution in [1.82, 2.24) is 14.9 Å². The van der Waals surface area contributed by atoms with Crippen LogP contribution in [0.15, 0.2) is 23.2 Å². The predicted octanol–water partition coefficient (Wildman–Crippen LogP) is 5.07. The highest BCUT2D eigenvalue weighted by Crippen LogP contribution is 2.71. The molecule has 1 aliphatic heterocycles. The second-order valence-corrected chi connectivity index (χ2v) is 15.1. The third kappa shape index (κ3) is 4.85. The molecule has 1 aromatic carbocycles. The third-order valence-corrected chi connectivity index (χ3v) is 11.7. The van der Waals surface area contributed by atoms with E-state index >= 15 is 0 Å². The number of halogens is 5. The smallest absolute Gasteiger partial charge is 0.360 e. The van der Waals surface area contributed by atoms with Gasteiger partial charge in [-0.1, -0.05) is 36.2 Å². The SMILES string of the molecule is CCCS(=O)(=O)N(Cc1ccc(Cl)c(Cl)c1)C12CC(C3=NC(C)(C)[C@H](C(=O)NCC4(C(F)(F)F)CC4)N3)(C1)C2. The molecule has 2 bridgehead atoms. The number of hydrogen-bond donors (Lipinski definition) is 2. The van der Waals surface area contributed by atoms with Crippen molar-refractivity contribution in [3.8, 4) is 0 Å². The number of amidine groups is 1. The van der Waals surface area contributed by atoms with Crippen LogP contribution in [-0.4, -0.2) is 60.1 Å². The van der Waals surface area contributed by atoms with Crippen LogP contribution in [0.2, 0.25) is 10.0 Å². The fraction of sp³-hybridized carbons (Fsp3) is 0.692. The van der Waals surface area contributed by atoms with Crippen molar-refractivity contribution in [2.24, 2.45) is 15.8 Å². The summed E-state index contributed by atoms with van der Waals surface area (Å²) >= 11 is 12.2. The van der Waals surface area contributed by atoms with Gasteiger partial charge in [-0.15, -0.1) is 0 Å². The van der Waals surface area contributed by atoms with E-state index in [9.17, 15) is 26.4 Å². The molecule has 216 valence electrons. The Hall–Kier alpha value is -1.56. The largest absolute Gasteiger partial charge is 0.396 e. The van der Waals surface area contributed by atoms with E-state index in [0.29, 0.717) is 41.6 Å². The van der Waals surface area contributed by atoms with E-state index in [1.54, 1.807) is 36.4 Å². The molecule has 0 unspecified atom stereocenters. The first-order chi connectivity index (χ1) is 18.0. The van der Waals surface area contributed by atoms with Gasteiger partial charge in [0.25, 0.3) is 0 Å². The number of aliphatic imine (C=N–C) groups is 1. The van der Waals surface area contributed by atoms with Gasteiger partial charge in [0.1, 0.15) is 11.9 Å². The van der Waals surface area contributed by atoms with E-state index in [1.807, 2.05) is 6.92 Å². The van der Waals surface area contributed by atoms with Crippen LogP contribution in [0.3, 0.4) is 0 Å². The molecule has 0 spiro atoms. The van der Waals surface area contributed by atoms with Crippen molar-refractivity contribution >= 4 is 45.0 Å². The molecule has 0 radical (unpaired) electrons. The Balaban J connectivity index is 1.28. The minimum absolute atomic E-state index is 0.0187. The molecular weight excluding hydrogens is 576 g/mol. The maximum atomic E-state index is 13.3. The van der Waals surface area contributed by atoms with Gasteiger partial charge in [-0.25, -0.2) is 8.42 Å². The molecule has 2 N–H and O–H groups in total. The number of amides is 1. The second-order valence-electron chi connectivity index (χ2n) is 12.3. The fourth-order valence-corrected chi connectivity index (χ4v) is 8.60. The summed E-state index contributed by atoms with van der Waals surface area (Å²) in [4.78, 5) is 17.7. The summed E-state index contributed by atoms with van der Waals surface area (Å²) in [5.41, 5.74) is -2.88. The van der Waals surface area contributed by atoms with Gasteiger partial charge in [-0.05, 0) is 70.1 Å². The normalized spacial score (nSPS) is 30.2. The molecule has 4 saturated carbocycles. The lowest BCUT2D eigenvalue weighted by molar-refractivity contribution is -0.185. The Morgan fingerprint density at radius 1 is 1.18 bits per heavy atom. The lowest BCUT2D eigenvalue weighted by atomic mass is 9.38. The summed E-state index contributed by atoms with van der Waals surface area (Å²) in [5, 5.41) is 6.45. The number of carbonyl (C=O) groups excluding carboxylic acids is 1. The van der Waals surface area contributed by atoms with Gasteiger partial charge in [0.2, 0.25) is 15.9 Å². The zero-order valence-electron chi connectivity index (χ0n) is 22.1. The number of hydrogen-bond acceptors (Lipinski definition) is 5. The molecule has 1 aromatic rings. The van der Waals surface area contributed by atoms with Gasteiger partial charge in [-0.2, -0.15) is 17.5 Å². The summed E-state index contributed by atoms with van der Waals surface area (Å²) in [7, 11) is -3.56. The van der Waals surface area contributed by atoms with Crippen LogP contribution in [-0.2, 0) is 21.4 Å². The molecule has 7 nitrogen and oxygen atoms in total. The van der Waals surface area contributed by atoms with Gasteiger partial charge in [0.05, 0.1) is 26.8 Å². The average molecular weight is 610 g/mol. The Kier molecular flexibility index (Phi) is 6.85.